The summed E-state index contributed by atoms with van der Waals surface area (Å²) < 4.78 is 0. The number of nitrogens with one attached hydrogen (secondary N) is 1. The average Bonchev–Trinajstić information content (AvgIpc) is 2.15. The van der Waals surface area contributed by atoms with Gasteiger partial charge in [0.25, 0.3) is 0 Å². The van der Waals surface area contributed by atoms with E-state index in [-0.39, 0.29) is 0 Å². The Morgan fingerprint density at radius 2 is 2.27 bits per heavy atom. The molecule has 0 radical (unpaired) electrons. The summed E-state index contributed by atoms with van der Waals surface area (Å²) in [6, 6.07) is 4.76. The third-order valence-corrected chi connectivity index (χ3v) is 1.92. The second kappa shape index (κ2) is 4.65. The van der Waals surface area contributed by atoms with E-state index in [1.165, 1.54) is 6.07 Å². The maximum atomic E-state index is 10.8. The molecule has 1 aromatic rings. The van der Waals surface area contributed by atoms with Crippen LogP contribution in [-0.2, 0) is 0 Å². The summed E-state index contributed by atoms with van der Waals surface area (Å²) in [7, 11) is 0. The number of nitrogens with two attached hydrogens (primary N) is 2. The summed E-state index contributed by atoms with van der Waals surface area (Å²) in [6.45, 7) is 2.07. The Bertz CT molecular complexity index is 364. The molecule has 82 valence electrons. The van der Waals surface area contributed by atoms with Gasteiger partial charge in [-0.25, -0.2) is 0 Å². The van der Waals surface area contributed by atoms with Gasteiger partial charge in [0.1, 0.15) is 0 Å². The molecule has 1 atom stereocenters. The van der Waals surface area contributed by atoms with Crippen molar-refractivity contribution in [2.45, 2.75) is 13.0 Å². The van der Waals surface area contributed by atoms with E-state index in [2.05, 4.69) is 5.32 Å². The van der Waals surface area contributed by atoms with E-state index in [9.17, 15) is 4.79 Å². The number of carbonyl (C=O) groups is 1. The van der Waals surface area contributed by atoms with Crippen molar-refractivity contribution in [2.24, 2.45) is 5.73 Å². The molecular formula is C10H15N3O2. The number of rotatable bonds is 4. The molecule has 0 fully saturated rings. The van der Waals surface area contributed by atoms with Gasteiger partial charge in [0.05, 0.1) is 17.5 Å². The zero-order chi connectivity index (χ0) is 11.4. The van der Waals surface area contributed by atoms with Crippen molar-refractivity contribution >= 4 is 17.3 Å². The van der Waals surface area contributed by atoms with Crippen LogP contribution >= 0.6 is 0 Å². The number of aliphatic hydroxyl groups is 1. The monoisotopic (exact) mass is 209 g/mol. The number of carbonyl (C=O) groups excluding carboxylic acids is 1. The molecule has 6 N–H and O–H groups in total. The predicted octanol–water partition coefficient (Wildman–Crippen LogP) is 0.160. The highest BCUT2D eigenvalue weighted by molar-refractivity contribution is 5.94. The first-order valence-corrected chi connectivity index (χ1v) is 4.62. The fraction of sp³-hybridized carbons (Fsp3) is 0.300. The van der Waals surface area contributed by atoms with Crippen LogP contribution in [0, 0.1) is 0 Å². The molecule has 1 amide bonds. The minimum Gasteiger partial charge on any atom is -0.397 e. The number of hydrogen-bond acceptors (Lipinski definition) is 4. The van der Waals surface area contributed by atoms with E-state index in [0.717, 1.165) is 0 Å². The van der Waals surface area contributed by atoms with Crippen molar-refractivity contribution in [2.75, 3.05) is 17.6 Å². The largest absolute Gasteiger partial charge is 0.397 e. The Labute approximate surface area is 88.1 Å². The van der Waals surface area contributed by atoms with Crippen molar-refractivity contribution in [3.8, 4) is 0 Å². The maximum Gasteiger partial charge on any atom is 0.248 e. The lowest BCUT2D eigenvalue weighted by Crippen LogP contribution is -2.17. The molecule has 1 rings (SSSR count). The lowest BCUT2D eigenvalue weighted by atomic mass is 10.1. The van der Waals surface area contributed by atoms with Gasteiger partial charge >= 0.3 is 0 Å². The molecule has 0 aliphatic rings. The summed E-state index contributed by atoms with van der Waals surface area (Å²) in [5.74, 6) is -0.510. The Balaban J connectivity index is 2.79. The highest BCUT2D eigenvalue weighted by atomic mass is 16.3. The third-order valence-electron chi connectivity index (χ3n) is 1.92. The molecule has 0 bridgehead atoms. The van der Waals surface area contributed by atoms with Crippen LogP contribution in [0.15, 0.2) is 18.2 Å². The number of aliphatic hydroxyl groups excluding tert-OH is 1. The summed E-state index contributed by atoms with van der Waals surface area (Å²) >= 11 is 0. The number of benzene rings is 1. The molecule has 0 heterocycles. The molecule has 1 aromatic carbocycles. The van der Waals surface area contributed by atoms with Gasteiger partial charge in [-0.2, -0.15) is 0 Å². The SMILES string of the molecule is CC(O)CNc1ccc(C(N)=O)cc1N. The van der Waals surface area contributed by atoms with Gasteiger partial charge < -0.3 is 21.9 Å². The number of amides is 1. The molecule has 1 unspecified atom stereocenters. The predicted molar refractivity (Wildman–Crippen MR) is 59.5 cm³/mol. The molecule has 0 aromatic heterocycles. The van der Waals surface area contributed by atoms with Gasteiger partial charge in [0.2, 0.25) is 5.91 Å². The first kappa shape index (κ1) is 11.3. The summed E-state index contributed by atoms with van der Waals surface area (Å²) in [6.07, 6.45) is -0.458. The zero-order valence-corrected chi connectivity index (χ0v) is 8.53. The normalized spacial score (nSPS) is 12.1. The van der Waals surface area contributed by atoms with Crippen LogP contribution in [-0.4, -0.2) is 23.7 Å². The number of anilines is 2. The van der Waals surface area contributed by atoms with E-state index >= 15 is 0 Å². The molecule has 0 saturated carbocycles. The van der Waals surface area contributed by atoms with Crippen molar-refractivity contribution in [3.05, 3.63) is 23.8 Å². The van der Waals surface area contributed by atoms with Crippen LogP contribution in [0.4, 0.5) is 11.4 Å². The van der Waals surface area contributed by atoms with Crippen LogP contribution in [0.2, 0.25) is 0 Å². The number of primary amides is 1. The van der Waals surface area contributed by atoms with Crippen LogP contribution in [0.1, 0.15) is 17.3 Å². The molecule has 15 heavy (non-hydrogen) atoms. The first-order valence-electron chi connectivity index (χ1n) is 4.62. The Morgan fingerprint density at radius 3 is 2.73 bits per heavy atom. The fourth-order valence-electron chi connectivity index (χ4n) is 1.13. The summed E-state index contributed by atoms with van der Waals surface area (Å²) in [5, 5.41) is 12.0. The van der Waals surface area contributed by atoms with Crippen LogP contribution < -0.4 is 16.8 Å². The second-order valence-corrected chi connectivity index (χ2v) is 3.40. The highest BCUT2D eigenvalue weighted by Crippen LogP contribution is 2.19. The minimum atomic E-state index is -0.510. The fourth-order valence-corrected chi connectivity index (χ4v) is 1.13. The molecule has 5 heteroatoms. The average molecular weight is 209 g/mol. The summed E-state index contributed by atoms with van der Waals surface area (Å²) in [5.41, 5.74) is 12.3. The Morgan fingerprint density at radius 1 is 1.60 bits per heavy atom. The number of hydrogen-bond donors (Lipinski definition) is 4. The zero-order valence-electron chi connectivity index (χ0n) is 8.53. The van der Waals surface area contributed by atoms with E-state index in [1.54, 1.807) is 19.1 Å². The number of nitrogen functional groups attached to an aromatic ring is 1. The van der Waals surface area contributed by atoms with Crippen molar-refractivity contribution < 1.29 is 9.90 Å². The van der Waals surface area contributed by atoms with Gasteiger partial charge in [-0.3, -0.25) is 4.79 Å². The molecule has 0 aliphatic carbocycles. The van der Waals surface area contributed by atoms with Gasteiger partial charge in [0, 0.05) is 12.1 Å². The molecule has 0 aliphatic heterocycles. The van der Waals surface area contributed by atoms with Gasteiger partial charge in [-0.1, -0.05) is 0 Å². The van der Waals surface area contributed by atoms with E-state index in [0.29, 0.717) is 23.5 Å². The van der Waals surface area contributed by atoms with E-state index < -0.39 is 12.0 Å². The van der Waals surface area contributed by atoms with Crippen molar-refractivity contribution in [1.82, 2.24) is 0 Å². The van der Waals surface area contributed by atoms with Crippen molar-refractivity contribution in [3.63, 3.8) is 0 Å². The van der Waals surface area contributed by atoms with Crippen LogP contribution in [0.3, 0.4) is 0 Å². The standard InChI is InChI=1S/C10H15N3O2/c1-6(14)5-13-9-3-2-7(10(12)15)4-8(9)11/h2-4,6,13-14H,5,11H2,1H3,(H2,12,15). The van der Waals surface area contributed by atoms with Crippen LogP contribution in [0.5, 0.6) is 0 Å². The molecule has 0 spiro atoms. The second-order valence-electron chi connectivity index (χ2n) is 3.40. The Hall–Kier alpha value is -1.75. The third kappa shape index (κ3) is 3.14. The van der Waals surface area contributed by atoms with Crippen molar-refractivity contribution in [1.29, 1.82) is 0 Å². The molecule has 0 saturated heterocycles. The highest BCUT2D eigenvalue weighted by Gasteiger charge is 2.04. The smallest absolute Gasteiger partial charge is 0.248 e. The summed E-state index contributed by atoms with van der Waals surface area (Å²) in [4.78, 5) is 10.8. The van der Waals surface area contributed by atoms with Gasteiger partial charge in [-0.15, -0.1) is 0 Å². The maximum absolute atomic E-state index is 10.8. The first-order chi connectivity index (χ1) is 7.00. The quantitative estimate of drug-likeness (QED) is 0.530. The van der Waals surface area contributed by atoms with Gasteiger partial charge in [-0.05, 0) is 25.1 Å². The van der Waals surface area contributed by atoms with Gasteiger partial charge in [0.15, 0.2) is 0 Å². The minimum absolute atomic E-state index is 0.370. The molecule has 5 nitrogen and oxygen atoms in total. The molecular weight excluding hydrogens is 194 g/mol. The lowest BCUT2D eigenvalue weighted by molar-refractivity contribution is 0.100. The van der Waals surface area contributed by atoms with E-state index in [4.69, 9.17) is 16.6 Å². The topological polar surface area (TPSA) is 101 Å². The van der Waals surface area contributed by atoms with E-state index in [1.807, 2.05) is 0 Å². The van der Waals surface area contributed by atoms with Crippen LogP contribution in [0.25, 0.3) is 0 Å². The Kier molecular flexibility index (Phi) is 3.51. The lowest BCUT2D eigenvalue weighted by Gasteiger charge is -2.11.